The molecule has 0 heterocycles. The Bertz CT molecular complexity index is 1050. The van der Waals surface area contributed by atoms with Crippen LogP contribution < -0.4 is 16.1 Å². The highest BCUT2D eigenvalue weighted by Crippen LogP contribution is 2.36. The predicted octanol–water partition coefficient (Wildman–Crippen LogP) is 4.16. The molecule has 1 aliphatic carbocycles. The van der Waals surface area contributed by atoms with Gasteiger partial charge in [0.05, 0.1) is 18.6 Å². The fourth-order valence-corrected chi connectivity index (χ4v) is 4.86. The standard InChI is InChI=1S/C28H44N4O6.C3H8O/c1-8-20-16-21(11-12-22(20)29-19(3)33)25(36)30-24(27(4,5)6)26(37)32(7)28(13-9-10-14-28)17-38-31-18(2)15-23(34)35;1-3-4-2/h11-12,16,18,24,31H,8-10,13-15,17H2,1-7H3,(H,29,33)(H,30,36)(H,34,35);3H2,1-2H3/t18-,24?;/m1./s1. The number of hydrogen-bond donors (Lipinski definition) is 4. The van der Waals surface area contributed by atoms with Crippen LogP contribution in [0.15, 0.2) is 18.2 Å². The number of carbonyl (C=O) groups is 4. The SMILES string of the molecule is CCOC.CCc1cc(C(=O)NC(C(=O)N(C)C2(CON[C@H](C)CC(=O)O)CCCC2)C(C)(C)C)ccc1NC(C)=O. The maximum Gasteiger partial charge on any atom is 0.305 e. The van der Waals surface area contributed by atoms with Gasteiger partial charge in [-0.25, -0.2) is 0 Å². The van der Waals surface area contributed by atoms with Gasteiger partial charge in [0.2, 0.25) is 11.8 Å². The number of carbonyl (C=O) groups excluding carboxylic acids is 3. The van der Waals surface area contributed by atoms with Crippen molar-refractivity contribution in [3.8, 4) is 0 Å². The molecule has 42 heavy (non-hydrogen) atoms. The highest BCUT2D eigenvalue weighted by atomic mass is 16.6. The summed E-state index contributed by atoms with van der Waals surface area (Å²) in [6.45, 7) is 13.8. The number of hydroxylamine groups is 1. The Morgan fingerprint density at radius 2 is 1.71 bits per heavy atom. The molecule has 0 aliphatic heterocycles. The third-order valence-corrected chi connectivity index (χ3v) is 7.42. The number of aryl methyl sites for hydroxylation is 1. The lowest BCUT2D eigenvalue weighted by Crippen LogP contribution is -2.60. The van der Waals surface area contributed by atoms with Crippen molar-refractivity contribution in [2.24, 2.45) is 5.41 Å². The van der Waals surface area contributed by atoms with Crippen molar-refractivity contribution in [3.63, 3.8) is 0 Å². The van der Waals surface area contributed by atoms with E-state index in [9.17, 15) is 19.2 Å². The van der Waals surface area contributed by atoms with Crippen molar-refractivity contribution in [2.75, 3.05) is 32.7 Å². The van der Waals surface area contributed by atoms with Gasteiger partial charge in [0, 0.05) is 45.0 Å². The molecule has 1 aromatic rings. The Morgan fingerprint density at radius 1 is 1.12 bits per heavy atom. The van der Waals surface area contributed by atoms with Crippen molar-refractivity contribution in [3.05, 3.63) is 29.3 Å². The number of hydrogen-bond acceptors (Lipinski definition) is 7. The molecule has 2 atom stereocenters. The Morgan fingerprint density at radius 3 is 2.19 bits per heavy atom. The minimum atomic E-state index is -0.920. The lowest BCUT2D eigenvalue weighted by molar-refractivity contribution is -0.145. The van der Waals surface area contributed by atoms with E-state index in [1.165, 1.54) is 6.92 Å². The van der Waals surface area contributed by atoms with Crippen LogP contribution in [0, 0.1) is 5.41 Å². The van der Waals surface area contributed by atoms with Crippen molar-refractivity contribution in [1.82, 2.24) is 15.7 Å². The normalized spacial score (nSPS) is 15.5. The third kappa shape index (κ3) is 11.3. The molecule has 1 unspecified atom stereocenters. The number of likely N-dealkylation sites (N-methyl/N-ethyl adjacent to an activating group) is 1. The molecule has 11 heteroatoms. The van der Waals surface area contributed by atoms with Crippen molar-refractivity contribution in [1.29, 1.82) is 0 Å². The molecule has 238 valence electrons. The quantitative estimate of drug-likeness (QED) is 0.250. The summed E-state index contributed by atoms with van der Waals surface area (Å²) in [6.07, 6.45) is 3.94. The van der Waals surface area contributed by atoms with Gasteiger partial charge in [-0.2, -0.15) is 5.48 Å². The summed E-state index contributed by atoms with van der Waals surface area (Å²) in [7, 11) is 3.43. The Balaban J connectivity index is 0.00000206. The molecule has 0 aromatic heterocycles. The van der Waals surface area contributed by atoms with Crippen LogP contribution in [0.4, 0.5) is 5.69 Å². The lowest BCUT2D eigenvalue weighted by Gasteiger charge is -2.42. The number of rotatable bonds is 13. The van der Waals surface area contributed by atoms with Gasteiger partial charge < -0.3 is 25.4 Å². The zero-order valence-corrected chi connectivity index (χ0v) is 26.9. The molecule has 1 aliphatic rings. The van der Waals surface area contributed by atoms with Gasteiger partial charge in [-0.1, -0.05) is 40.5 Å². The molecule has 11 nitrogen and oxygen atoms in total. The number of carboxylic acids is 1. The molecule has 1 aromatic carbocycles. The van der Waals surface area contributed by atoms with Gasteiger partial charge in [-0.3, -0.25) is 24.0 Å². The molecule has 2 rings (SSSR count). The van der Waals surface area contributed by atoms with Crippen LogP contribution in [0.25, 0.3) is 0 Å². The van der Waals surface area contributed by atoms with E-state index in [1.807, 2.05) is 34.6 Å². The second-order valence-corrected chi connectivity index (χ2v) is 12.0. The van der Waals surface area contributed by atoms with E-state index < -0.39 is 23.0 Å². The van der Waals surface area contributed by atoms with E-state index in [0.29, 0.717) is 17.7 Å². The van der Waals surface area contributed by atoms with Crippen LogP contribution >= 0.6 is 0 Å². The molecular weight excluding hydrogens is 540 g/mol. The number of methoxy groups -OCH3 is 1. The van der Waals surface area contributed by atoms with E-state index in [-0.39, 0.29) is 36.8 Å². The lowest BCUT2D eigenvalue weighted by atomic mass is 9.84. The van der Waals surface area contributed by atoms with Crippen LogP contribution in [0.5, 0.6) is 0 Å². The summed E-state index contributed by atoms with van der Waals surface area (Å²) in [5.74, 6) is -1.68. The highest BCUT2D eigenvalue weighted by molar-refractivity contribution is 5.99. The third-order valence-electron chi connectivity index (χ3n) is 7.42. The number of anilines is 1. The van der Waals surface area contributed by atoms with E-state index in [1.54, 1.807) is 44.2 Å². The van der Waals surface area contributed by atoms with E-state index in [0.717, 1.165) is 37.9 Å². The summed E-state index contributed by atoms with van der Waals surface area (Å²) in [4.78, 5) is 57.1. The largest absolute Gasteiger partial charge is 0.481 e. The van der Waals surface area contributed by atoms with E-state index in [2.05, 4.69) is 20.9 Å². The van der Waals surface area contributed by atoms with Gasteiger partial charge in [0.15, 0.2) is 0 Å². The Hall–Kier alpha value is -3.02. The number of nitrogens with zero attached hydrogens (tertiary/aromatic N) is 1. The first-order valence-electron chi connectivity index (χ1n) is 14.7. The molecule has 0 bridgehead atoms. The monoisotopic (exact) mass is 592 g/mol. The minimum absolute atomic E-state index is 0.0779. The molecule has 0 radical (unpaired) electrons. The van der Waals surface area contributed by atoms with Gasteiger partial charge in [0.25, 0.3) is 5.91 Å². The van der Waals surface area contributed by atoms with Crippen LogP contribution in [0.2, 0.25) is 0 Å². The summed E-state index contributed by atoms with van der Waals surface area (Å²) in [5, 5.41) is 14.7. The van der Waals surface area contributed by atoms with Crippen LogP contribution in [0.1, 0.15) is 96.5 Å². The first kappa shape index (κ1) is 37.0. The molecular formula is C31H52N4O7. The number of amides is 3. The second-order valence-electron chi connectivity index (χ2n) is 12.0. The minimum Gasteiger partial charge on any atom is -0.481 e. The zero-order valence-electron chi connectivity index (χ0n) is 26.9. The summed E-state index contributed by atoms with van der Waals surface area (Å²) in [6, 6.07) is 3.92. The van der Waals surface area contributed by atoms with Gasteiger partial charge >= 0.3 is 5.97 Å². The molecule has 1 fully saturated rings. The maximum absolute atomic E-state index is 13.9. The van der Waals surface area contributed by atoms with E-state index >= 15 is 0 Å². The fraction of sp³-hybridized carbons (Fsp3) is 0.677. The summed E-state index contributed by atoms with van der Waals surface area (Å²) in [5.41, 5.74) is 3.56. The molecule has 0 saturated heterocycles. The van der Waals surface area contributed by atoms with Crippen molar-refractivity contribution >= 4 is 29.4 Å². The maximum atomic E-state index is 13.9. The second kappa shape index (κ2) is 17.2. The number of ether oxygens (including phenoxy) is 1. The number of aliphatic carboxylic acids is 1. The molecule has 1 saturated carbocycles. The van der Waals surface area contributed by atoms with E-state index in [4.69, 9.17) is 9.94 Å². The number of carboxylic acid groups (broad SMARTS) is 1. The van der Waals surface area contributed by atoms with Crippen LogP contribution in [0.3, 0.4) is 0 Å². The zero-order chi connectivity index (χ0) is 32.1. The number of benzene rings is 1. The fourth-order valence-electron chi connectivity index (χ4n) is 4.86. The Kier molecular flexibility index (Phi) is 15.1. The van der Waals surface area contributed by atoms with Gasteiger partial charge in [-0.05, 0) is 62.3 Å². The van der Waals surface area contributed by atoms with Crippen molar-refractivity contribution < 1.29 is 33.9 Å². The predicted molar refractivity (Wildman–Crippen MR) is 163 cm³/mol. The first-order chi connectivity index (χ1) is 19.6. The van der Waals surface area contributed by atoms with Crippen molar-refractivity contribution in [2.45, 2.75) is 105 Å². The first-order valence-corrected chi connectivity index (χ1v) is 14.7. The number of nitrogens with one attached hydrogen (secondary N) is 3. The molecule has 3 amide bonds. The topological polar surface area (TPSA) is 146 Å². The van der Waals surface area contributed by atoms with Gasteiger partial charge in [0.1, 0.15) is 6.04 Å². The molecule has 0 spiro atoms. The van der Waals surface area contributed by atoms with Gasteiger partial charge in [-0.15, -0.1) is 0 Å². The average molecular weight is 593 g/mol. The van der Waals surface area contributed by atoms with Crippen LogP contribution in [-0.4, -0.2) is 78.7 Å². The summed E-state index contributed by atoms with van der Waals surface area (Å²) < 4.78 is 4.54. The smallest absolute Gasteiger partial charge is 0.305 e. The summed E-state index contributed by atoms with van der Waals surface area (Å²) >= 11 is 0. The van der Waals surface area contributed by atoms with Crippen LogP contribution in [-0.2, 0) is 30.4 Å². The Labute approximate surface area is 251 Å². The average Bonchev–Trinajstić information content (AvgIpc) is 3.39. The molecule has 4 N–H and O–H groups in total. The highest BCUT2D eigenvalue weighted by Gasteiger charge is 2.45.